The first-order chi connectivity index (χ1) is 11.7. The monoisotopic (exact) mass is 348 g/mol. The van der Waals surface area contributed by atoms with E-state index in [0.717, 1.165) is 23.3 Å². The Morgan fingerprint density at radius 3 is 2.54 bits per heavy atom. The van der Waals surface area contributed by atoms with Crippen molar-refractivity contribution in [2.75, 3.05) is 26.8 Å². The average molecular weight is 348 g/mol. The van der Waals surface area contributed by atoms with Gasteiger partial charge in [-0.1, -0.05) is 18.2 Å². The van der Waals surface area contributed by atoms with Crippen molar-refractivity contribution in [2.45, 2.75) is 17.7 Å². The fourth-order valence-electron chi connectivity index (χ4n) is 2.72. The van der Waals surface area contributed by atoms with E-state index in [1.165, 1.54) is 0 Å². The van der Waals surface area contributed by atoms with E-state index in [0.29, 0.717) is 28.8 Å². The minimum Gasteiger partial charge on any atom is -0.492 e. The van der Waals surface area contributed by atoms with Crippen LogP contribution in [0.15, 0.2) is 41.3 Å². The summed E-state index contributed by atoms with van der Waals surface area (Å²) in [6.45, 7) is 0.177. The van der Waals surface area contributed by atoms with Crippen LogP contribution in [0, 0.1) is 0 Å². The molecule has 0 aliphatic carbocycles. The number of fused-ring (bicyclic) bond motifs is 1. The molecule has 0 aromatic heterocycles. The summed E-state index contributed by atoms with van der Waals surface area (Å²) in [5.41, 5.74) is 0.962. The normalized spacial score (nSPS) is 13.6. The molecule has 128 valence electrons. The second kappa shape index (κ2) is 7.57. The highest BCUT2D eigenvalue weighted by Gasteiger charge is 2.25. The van der Waals surface area contributed by atoms with Gasteiger partial charge in [0, 0.05) is 16.2 Å². The molecule has 0 saturated carbocycles. The van der Waals surface area contributed by atoms with Crippen LogP contribution in [-0.4, -0.2) is 31.0 Å². The van der Waals surface area contributed by atoms with Crippen molar-refractivity contribution in [1.82, 2.24) is 0 Å². The SMILES string of the molecule is COc1c(CCCS(=O)c2ccccc2)cc2c(c1OC)OCO2. The maximum atomic E-state index is 12.3. The van der Waals surface area contributed by atoms with E-state index in [1.807, 2.05) is 36.4 Å². The van der Waals surface area contributed by atoms with Crippen molar-refractivity contribution < 1.29 is 23.2 Å². The van der Waals surface area contributed by atoms with E-state index < -0.39 is 10.8 Å². The molecule has 0 fully saturated rings. The van der Waals surface area contributed by atoms with E-state index >= 15 is 0 Å². The average Bonchev–Trinajstić information content (AvgIpc) is 3.09. The van der Waals surface area contributed by atoms with Gasteiger partial charge in [0.05, 0.1) is 25.0 Å². The van der Waals surface area contributed by atoms with Crippen molar-refractivity contribution in [1.29, 1.82) is 0 Å². The second-order valence-electron chi connectivity index (χ2n) is 5.30. The highest BCUT2D eigenvalue weighted by atomic mass is 32.2. The molecule has 1 aliphatic heterocycles. The van der Waals surface area contributed by atoms with Crippen molar-refractivity contribution in [3.63, 3.8) is 0 Å². The molecule has 3 rings (SSSR count). The van der Waals surface area contributed by atoms with Crippen molar-refractivity contribution in [3.8, 4) is 23.0 Å². The second-order valence-corrected chi connectivity index (χ2v) is 6.87. The molecular weight excluding hydrogens is 328 g/mol. The van der Waals surface area contributed by atoms with Crippen LogP contribution in [0.1, 0.15) is 12.0 Å². The van der Waals surface area contributed by atoms with Crippen molar-refractivity contribution >= 4 is 10.8 Å². The van der Waals surface area contributed by atoms with Crippen molar-refractivity contribution in [3.05, 3.63) is 42.0 Å². The molecule has 2 aromatic carbocycles. The molecule has 1 atom stereocenters. The van der Waals surface area contributed by atoms with E-state index in [4.69, 9.17) is 18.9 Å². The molecule has 0 spiro atoms. The predicted molar refractivity (Wildman–Crippen MR) is 91.7 cm³/mol. The number of hydrogen-bond donors (Lipinski definition) is 0. The van der Waals surface area contributed by atoms with Gasteiger partial charge in [0.2, 0.25) is 18.3 Å². The fraction of sp³-hybridized carbons (Fsp3) is 0.333. The molecule has 5 nitrogen and oxygen atoms in total. The van der Waals surface area contributed by atoms with E-state index in [2.05, 4.69) is 0 Å². The summed E-state index contributed by atoms with van der Waals surface area (Å²) in [7, 11) is 2.18. The third-order valence-electron chi connectivity index (χ3n) is 3.84. The van der Waals surface area contributed by atoms with Crippen LogP contribution in [0.3, 0.4) is 0 Å². The van der Waals surface area contributed by atoms with Gasteiger partial charge < -0.3 is 18.9 Å². The summed E-state index contributed by atoms with van der Waals surface area (Å²) >= 11 is 0. The third kappa shape index (κ3) is 3.33. The largest absolute Gasteiger partial charge is 0.492 e. The van der Waals surface area contributed by atoms with Gasteiger partial charge in [-0.05, 0) is 31.0 Å². The lowest BCUT2D eigenvalue weighted by molar-refractivity contribution is 0.170. The van der Waals surface area contributed by atoms with Crippen LogP contribution in [0.5, 0.6) is 23.0 Å². The highest BCUT2D eigenvalue weighted by Crippen LogP contribution is 2.49. The van der Waals surface area contributed by atoms with Gasteiger partial charge >= 0.3 is 0 Å². The molecule has 1 unspecified atom stereocenters. The van der Waals surface area contributed by atoms with Gasteiger partial charge in [-0.2, -0.15) is 0 Å². The lowest BCUT2D eigenvalue weighted by Crippen LogP contribution is -2.02. The Labute approximate surface area is 144 Å². The number of rotatable bonds is 7. The van der Waals surface area contributed by atoms with E-state index in [1.54, 1.807) is 14.2 Å². The minimum absolute atomic E-state index is 0.177. The number of hydrogen-bond acceptors (Lipinski definition) is 5. The first-order valence-electron chi connectivity index (χ1n) is 7.71. The summed E-state index contributed by atoms with van der Waals surface area (Å²) < 4.78 is 34.1. The van der Waals surface area contributed by atoms with Gasteiger partial charge in [-0.3, -0.25) is 4.21 Å². The predicted octanol–water partition coefficient (Wildman–Crippen LogP) is 3.17. The van der Waals surface area contributed by atoms with Crippen LogP contribution in [0.4, 0.5) is 0 Å². The van der Waals surface area contributed by atoms with E-state index in [9.17, 15) is 4.21 Å². The van der Waals surface area contributed by atoms with Crippen LogP contribution < -0.4 is 18.9 Å². The maximum absolute atomic E-state index is 12.3. The number of benzene rings is 2. The molecule has 0 amide bonds. The molecule has 1 aliphatic rings. The molecule has 0 N–H and O–H groups in total. The molecule has 0 radical (unpaired) electrons. The van der Waals surface area contributed by atoms with Crippen molar-refractivity contribution in [2.24, 2.45) is 0 Å². The van der Waals surface area contributed by atoms with Gasteiger partial charge in [0.25, 0.3) is 0 Å². The summed E-state index contributed by atoms with van der Waals surface area (Å²) in [6.07, 6.45) is 1.48. The first-order valence-corrected chi connectivity index (χ1v) is 9.03. The topological polar surface area (TPSA) is 54.0 Å². The Hall–Kier alpha value is -2.21. The summed E-state index contributed by atoms with van der Waals surface area (Å²) in [4.78, 5) is 0.854. The zero-order valence-electron chi connectivity index (χ0n) is 13.7. The molecule has 6 heteroatoms. The highest BCUT2D eigenvalue weighted by molar-refractivity contribution is 7.85. The lowest BCUT2D eigenvalue weighted by Gasteiger charge is -2.14. The van der Waals surface area contributed by atoms with E-state index in [-0.39, 0.29) is 6.79 Å². The lowest BCUT2D eigenvalue weighted by atomic mass is 10.1. The maximum Gasteiger partial charge on any atom is 0.231 e. The Morgan fingerprint density at radius 2 is 1.83 bits per heavy atom. The molecule has 1 heterocycles. The quantitative estimate of drug-likeness (QED) is 0.769. The van der Waals surface area contributed by atoms with Crippen LogP contribution >= 0.6 is 0 Å². The Kier molecular flexibility index (Phi) is 5.25. The zero-order valence-corrected chi connectivity index (χ0v) is 14.6. The molecule has 2 aromatic rings. The smallest absolute Gasteiger partial charge is 0.231 e. The van der Waals surface area contributed by atoms with Crippen LogP contribution in [-0.2, 0) is 17.2 Å². The van der Waals surface area contributed by atoms with Gasteiger partial charge in [0.1, 0.15) is 0 Å². The first kappa shape index (κ1) is 16.6. The van der Waals surface area contributed by atoms with Crippen LogP contribution in [0.2, 0.25) is 0 Å². The van der Waals surface area contributed by atoms with Gasteiger partial charge in [-0.15, -0.1) is 0 Å². The third-order valence-corrected chi connectivity index (χ3v) is 5.30. The van der Waals surface area contributed by atoms with Gasteiger partial charge in [0.15, 0.2) is 11.5 Å². The minimum atomic E-state index is -1.000. The molecular formula is C18H20O5S. The number of methoxy groups -OCH3 is 2. The summed E-state index contributed by atoms with van der Waals surface area (Å²) in [6, 6.07) is 11.4. The molecule has 0 saturated heterocycles. The Balaban J connectivity index is 1.72. The summed E-state index contributed by atoms with van der Waals surface area (Å²) in [5, 5.41) is 0. The molecule has 0 bridgehead atoms. The number of ether oxygens (including phenoxy) is 4. The standard InChI is InChI=1S/C18H20O5S/c1-20-16-13(11-15-17(18(16)21-2)23-12-22-15)7-6-10-24(19)14-8-4-3-5-9-14/h3-5,8-9,11H,6-7,10,12H2,1-2H3. The Morgan fingerprint density at radius 1 is 1.08 bits per heavy atom. The van der Waals surface area contributed by atoms with Crippen LogP contribution in [0.25, 0.3) is 0 Å². The fourth-order valence-corrected chi connectivity index (χ4v) is 3.83. The van der Waals surface area contributed by atoms with Gasteiger partial charge in [-0.25, -0.2) is 0 Å². The number of aryl methyl sites for hydroxylation is 1. The Bertz CT molecular complexity index is 730. The zero-order chi connectivity index (χ0) is 16.9. The molecule has 24 heavy (non-hydrogen) atoms. The summed E-state index contributed by atoms with van der Waals surface area (Å²) in [5.74, 6) is 3.01.